The van der Waals surface area contributed by atoms with E-state index in [-0.39, 0.29) is 16.9 Å². The van der Waals surface area contributed by atoms with E-state index in [2.05, 4.69) is 32.2 Å². The van der Waals surface area contributed by atoms with Crippen LogP contribution in [0.2, 0.25) is 0 Å². The minimum atomic E-state index is -0.667. The molecule has 196 valence electrons. The van der Waals surface area contributed by atoms with Crippen molar-refractivity contribution in [3.8, 4) is 23.0 Å². The number of rotatable bonds is 4. The van der Waals surface area contributed by atoms with Crippen LogP contribution in [0.4, 0.5) is 5.82 Å². The lowest BCUT2D eigenvalue weighted by molar-refractivity contribution is 0.0941. The van der Waals surface area contributed by atoms with Gasteiger partial charge in [-0.25, -0.2) is 15.0 Å². The molecule has 0 aliphatic carbocycles. The molecule has 0 aliphatic rings. The van der Waals surface area contributed by atoms with Crippen molar-refractivity contribution in [1.82, 2.24) is 38.9 Å². The van der Waals surface area contributed by atoms with Gasteiger partial charge in [0.05, 0.1) is 29.1 Å². The van der Waals surface area contributed by atoms with Gasteiger partial charge in [-0.15, -0.1) is 0 Å². The quantitative estimate of drug-likeness (QED) is 0.335. The summed E-state index contributed by atoms with van der Waals surface area (Å²) in [5.74, 6) is 5.71. The number of benzene rings is 1. The summed E-state index contributed by atoms with van der Waals surface area (Å²) < 4.78 is 4.75. The summed E-state index contributed by atoms with van der Waals surface area (Å²) in [6.45, 7) is 1.77. The molecule has 1 amide bonds. The lowest BCUT2D eigenvalue weighted by Crippen LogP contribution is -2.31. The lowest BCUT2D eigenvalue weighted by Gasteiger charge is -2.19. The van der Waals surface area contributed by atoms with Crippen molar-refractivity contribution < 1.29 is 4.79 Å². The predicted octanol–water partition coefficient (Wildman–Crippen LogP) is 2.61. The number of hydrogen-bond donors (Lipinski definition) is 2. The Morgan fingerprint density at radius 2 is 1.90 bits per heavy atom. The van der Waals surface area contributed by atoms with Crippen LogP contribution < -0.4 is 16.6 Å². The average molecular weight is 530 g/mol. The van der Waals surface area contributed by atoms with Crippen molar-refractivity contribution in [2.75, 3.05) is 5.73 Å². The highest BCUT2D eigenvalue weighted by Gasteiger charge is 2.24. The second kappa shape index (κ2) is 9.85. The molecule has 0 spiro atoms. The number of fused-ring (bicyclic) bond motifs is 2. The molecule has 5 heterocycles. The third kappa shape index (κ3) is 4.33. The fourth-order valence-corrected chi connectivity index (χ4v) is 4.57. The van der Waals surface area contributed by atoms with E-state index in [0.29, 0.717) is 33.8 Å². The van der Waals surface area contributed by atoms with E-state index >= 15 is 0 Å². The standard InChI is InChI=1S/C29H23N9O2/c1-18(34-28(39)24-26(30)32-17-37-14-13-31-27(24)37)25-23(20-7-4-3-5-8-20)29(40)38-21(9-6-10-22(38)35-25)12-11-19-15-33-36(2)16-19/h3-10,13-18H,30H2,1-2H3,(H,34,39)/t18-/m0/s1. The molecule has 0 unspecified atom stereocenters. The summed E-state index contributed by atoms with van der Waals surface area (Å²) in [5, 5.41) is 7.08. The first-order valence-electron chi connectivity index (χ1n) is 12.4. The number of aryl methyl sites for hydroxylation is 1. The second-order valence-corrected chi connectivity index (χ2v) is 9.16. The van der Waals surface area contributed by atoms with Gasteiger partial charge in [-0.2, -0.15) is 5.10 Å². The average Bonchev–Trinajstić information content (AvgIpc) is 3.60. The van der Waals surface area contributed by atoms with E-state index < -0.39 is 11.9 Å². The normalized spacial score (nSPS) is 11.8. The van der Waals surface area contributed by atoms with Crippen molar-refractivity contribution in [2.24, 2.45) is 7.05 Å². The van der Waals surface area contributed by atoms with Gasteiger partial charge in [0.2, 0.25) is 0 Å². The summed E-state index contributed by atoms with van der Waals surface area (Å²) in [6.07, 6.45) is 8.18. The highest BCUT2D eigenvalue weighted by atomic mass is 16.2. The van der Waals surface area contributed by atoms with Crippen LogP contribution in [-0.2, 0) is 7.05 Å². The Balaban J connectivity index is 1.48. The van der Waals surface area contributed by atoms with Crippen molar-refractivity contribution >= 4 is 23.0 Å². The van der Waals surface area contributed by atoms with Gasteiger partial charge in [-0.1, -0.05) is 42.3 Å². The zero-order valence-electron chi connectivity index (χ0n) is 21.6. The molecule has 11 nitrogen and oxygen atoms in total. The number of nitrogen functional groups attached to an aromatic ring is 1. The Morgan fingerprint density at radius 3 is 2.67 bits per heavy atom. The van der Waals surface area contributed by atoms with Crippen molar-refractivity contribution in [3.05, 3.63) is 113 Å². The van der Waals surface area contributed by atoms with Crippen LogP contribution in [0, 0.1) is 11.8 Å². The third-order valence-electron chi connectivity index (χ3n) is 6.43. The van der Waals surface area contributed by atoms with Gasteiger partial charge in [-0.3, -0.25) is 23.1 Å². The molecule has 0 bridgehead atoms. The van der Waals surface area contributed by atoms with Crippen molar-refractivity contribution in [2.45, 2.75) is 13.0 Å². The van der Waals surface area contributed by atoms with E-state index in [1.807, 2.05) is 37.4 Å². The molecule has 0 saturated heterocycles. The molecule has 0 saturated carbocycles. The fourth-order valence-electron chi connectivity index (χ4n) is 4.57. The van der Waals surface area contributed by atoms with Crippen LogP contribution in [-0.4, -0.2) is 39.4 Å². The van der Waals surface area contributed by atoms with Crippen LogP contribution >= 0.6 is 0 Å². The SMILES string of the molecule is C[C@H](NC(=O)c1c(N)ncn2ccnc12)c1nc2cccc(C#Cc3cnn(C)c3)n2c(=O)c1-c1ccccc1. The highest BCUT2D eigenvalue weighted by molar-refractivity contribution is 6.04. The molecule has 1 atom stereocenters. The zero-order valence-corrected chi connectivity index (χ0v) is 21.6. The van der Waals surface area contributed by atoms with Crippen LogP contribution in [0.25, 0.3) is 22.4 Å². The number of amides is 1. The lowest BCUT2D eigenvalue weighted by atomic mass is 10.0. The molecule has 6 rings (SSSR count). The summed E-state index contributed by atoms with van der Waals surface area (Å²) in [5.41, 5.74) is 9.29. The van der Waals surface area contributed by atoms with Gasteiger partial charge in [0, 0.05) is 25.6 Å². The predicted molar refractivity (Wildman–Crippen MR) is 149 cm³/mol. The second-order valence-electron chi connectivity index (χ2n) is 9.16. The van der Waals surface area contributed by atoms with Gasteiger partial charge < -0.3 is 11.1 Å². The first-order chi connectivity index (χ1) is 19.4. The van der Waals surface area contributed by atoms with Crippen molar-refractivity contribution in [1.29, 1.82) is 0 Å². The highest BCUT2D eigenvalue weighted by Crippen LogP contribution is 2.26. The van der Waals surface area contributed by atoms with E-state index in [1.165, 1.54) is 10.7 Å². The topological polar surface area (TPSA) is 138 Å². The molecule has 6 aromatic rings. The van der Waals surface area contributed by atoms with Gasteiger partial charge in [0.15, 0.2) is 5.65 Å². The maximum absolute atomic E-state index is 14.1. The Bertz CT molecular complexity index is 2030. The molecule has 40 heavy (non-hydrogen) atoms. The summed E-state index contributed by atoms with van der Waals surface area (Å²) >= 11 is 0. The number of anilines is 1. The third-order valence-corrected chi connectivity index (χ3v) is 6.43. The number of carbonyl (C=O) groups is 1. The van der Waals surface area contributed by atoms with Gasteiger partial charge in [-0.05, 0) is 30.5 Å². The minimum absolute atomic E-state index is 0.0510. The monoisotopic (exact) mass is 529 g/mol. The molecular weight excluding hydrogens is 506 g/mol. The fraction of sp³-hybridized carbons (Fsp3) is 0.103. The smallest absolute Gasteiger partial charge is 0.267 e. The largest absolute Gasteiger partial charge is 0.383 e. The number of nitrogens with one attached hydrogen (secondary N) is 1. The maximum Gasteiger partial charge on any atom is 0.267 e. The summed E-state index contributed by atoms with van der Waals surface area (Å²) in [6, 6.07) is 13.8. The van der Waals surface area contributed by atoms with E-state index in [9.17, 15) is 9.59 Å². The molecule has 0 fully saturated rings. The van der Waals surface area contributed by atoms with Gasteiger partial charge in [0.25, 0.3) is 11.5 Å². The molecule has 5 aromatic heterocycles. The Kier molecular flexibility index (Phi) is 6.05. The Morgan fingerprint density at radius 1 is 1.07 bits per heavy atom. The molecular formula is C29H23N9O2. The first kappa shape index (κ1) is 24.6. The molecule has 0 aliphatic heterocycles. The Hall–Kier alpha value is -5.76. The van der Waals surface area contributed by atoms with Crippen LogP contribution in [0.3, 0.4) is 0 Å². The number of pyridine rings is 1. The summed E-state index contributed by atoms with van der Waals surface area (Å²) in [4.78, 5) is 40.7. The molecule has 0 radical (unpaired) electrons. The van der Waals surface area contributed by atoms with E-state index in [1.54, 1.807) is 59.0 Å². The van der Waals surface area contributed by atoms with E-state index in [0.717, 1.165) is 5.56 Å². The summed E-state index contributed by atoms with van der Waals surface area (Å²) in [7, 11) is 1.81. The Labute approximate surface area is 228 Å². The minimum Gasteiger partial charge on any atom is -0.383 e. The zero-order chi connectivity index (χ0) is 27.8. The van der Waals surface area contributed by atoms with Crippen LogP contribution in [0.15, 0.2) is 84.4 Å². The van der Waals surface area contributed by atoms with Crippen molar-refractivity contribution in [3.63, 3.8) is 0 Å². The maximum atomic E-state index is 14.1. The van der Waals surface area contributed by atoms with Crippen LogP contribution in [0.1, 0.15) is 40.3 Å². The number of carbonyl (C=O) groups excluding carboxylic acids is 1. The number of nitrogens with zero attached hydrogens (tertiary/aromatic N) is 7. The van der Waals surface area contributed by atoms with Gasteiger partial charge in [0.1, 0.15) is 29.0 Å². The molecule has 11 heteroatoms. The van der Waals surface area contributed by atoms with Gasteiger partial charge >= 0.3 is 0 Å². The van der Waals surface area contributed by atoms with Crippen LogP contribution in [0.5, 0.6) is 0 Å². The number of aromatic nitrogens is 7. The molecule has 3 N–H and O–H groups in total. The first-order valence-corrected chi connectivity index (χ1v) is 12.4. The van der Waals surface area contributed by atoms with E-state index in [4.69, 9.17) is 10.7 Å². The molecule has 1 aromatic carbocycles. The number of hydrogen-bond acceptors (Lipinski definition) is 7. The number of nitrogens with two attached hydrogens (primary N) is 1. The number of imidazole rings is 1.